The molecular weight excluding hydrogens is 349 g/mol. The molecule has 7 heteroatoms. The normalized spacial score (nSPS) is 12.2. The molecule has 0 saturated heterocycles. The minimum Gasteiger partial charge on any atom is -0.466 e. The maximum atomic E-state index is 13.1. The standard InChI is InChI=1S/C20H22FN3O3/c1-12-10-16(13(2)27-12)19(25)8-9-22-20(26)18-11-17(23-24(18)3)14-4-6-15(21)7-5-14/h4-7,10-11,19,25H,8-9H2,1-3H3,(H,22,26). The summed E-state index contributed by atoms with van der Waals surface area (Å²) in [6.45, 7) is 3.93. The Morgan fingerprint density at radius 1 is 1.30 bits per heavy atom. The highest BCUT2D eigenvalue weighted by molar-refractivity contribution is 5.93. The lowest BCUT2D eigenvalue weighted by atomic mass is 10.1. The van der Waals surface area contributed by atoms with Crippen LogP contribution in [0.4, 0.5) is 4.39 Å². The number of carbonyl (C=O) groups is 1. The van der Waals surface area contributed by atoms with Crippen LogP contribution in [0.3, 0.4) is 0 Å². The third-order valence-electron chi connectivity index (χ3n) is 4.39. The molecule has 0 bridgehead atoms. The van der Waals surface area contributed by atoms with E-state index in [1.165, 1.54) is 16.8 Å². The number of halogens is 1. The molecule has 0 aliphatic heterocycles. The maximum absolute atomic E-state index is 13.1. The van der Waals surface area contributed by atoms with Crippen molar-refractivity contribution in [1.82, 2.24) is 15.1 Å². The van der Waals surface area contributed by atoms with E-state index in [4.69, 9.17) is 4.42 Å². The van der Waals surface area contributed by atoms with Gasteiger partial charge in [0.2, 0.25) is 0 Å². The van der Waals surface area contributed by atoms with Crippen LogP contribution in [0.1, 0.15) is 40.1 Å². The summed E-state index contributed by atoms with van der Waals surface area (Å²) in [5.74, 6) is 0.815. The highest BCUT2D eigenvalue weighted by Gasteiger charge is 2.17. The van der Waals surface area contributed by atoms with Crippen molar-refractivity contribution < 1.29 is 18.7 Å². The van der Waals surface area contributed by atoms with Crippen LogP contribution in [-0.2, 0) is 7.05 Å². The number of aliphatic hydroxyl groups is 1. The van der Waals surface area contributed by atoms with Gasteiger partial charge in [0.25, 0.3) is 5.91 Å². The first-order valence-corrected chi connectivity index (χ1v) is 8.68. The zero-order chi connectivity index (χ0) is 19.6. The lowest BCUT2D eigenvalue weighted by Crippen LogP contribution is -2.27. The minimum absolute atomic E-state index is 0.286. The topological polar surface area (TPSA) is 80.3 Å². The molecule has 1 amide bonds. The van der Waals surface area contributed by atoms with Crippen LogP contribution in [0.15, 0.2) is 40.8 Å². The Bertz CT molecular complexity index is 944. The number of nitrogens with one attached hydrogen (secondary N) is 1. The highest BCUT2D eigenvalue weighted by Crippen LogP contribution is 2.23. The van der Waals surface area contributed by atoms with E-state index in [0.29, 0.717) is 30.1 Å². The number of furan rings is 1. The van der Waals surface area contributed by atoms with Crippen LogP contribution in [-0.4, -0.2) is 27.3 Å². The maximum Gasteiger partial charge on any atom is 0.269 e. The van der Waals surface area contributed by atoms with Gasteiger partial charge in [0.15, 0.2) is 0 Å². The van der Waals surface area contributed by atoms with Crippen LogP contribution in [0.25, 0.3) is 11.3 Å². The van der Waals surface area contributed by atoms with Gasteiger partial charge < -0.3 is 14.8 Å². The molecule has 0 fully saturated rings. The van der Waals surface area contributed by atoms with Crippen LogP contribution in [0.5, 0.6) is 0 Å². The van der Waals surface area contributed by atoms with Gasteiger partial charge in [-0.2, -0.15) is 5.10 Å². The third-order valence-corrected chi connectivity index (χ3v) is 4.39. The van der Waals surface area contributed by atoms with E-state index in [1.54, 1.807) is 38.2 Å². The Morgan fingerprint density at radius 2 is 2.00 bits per heavy atom. The van der Waals surface area contributed by atoms with Crippen molar-refractivity contribution >= 4 is 5.91 Å². The summed E-state index contributed by atoms with van der Waals surface area (Å²) >= 11 is 0. The molecule has 2 aromatic heterocycles. The molecule has 0 saturated carbocycles. The summed E-state index contributed by atoms with van der Waals surface area (Å²) < 4.78 is 20.0. The average Bonchev–Trinajstić information content (AvgIpc) is 3.17. The summed E-state index contributed by atoms with van der Waals surface area (Å²) in [6.07, 6.45) is -0.335. The summed E-state index contributed by atoms with van der Waals surface area (Å²) in [6, 6.07) is 9.39. The first-order chi connectivity index (χ1) is 12.8. The van der Waals surface area contributed by atoms with E-state index >= 15 is 0 Å². The monoisotopic (exact) mass is 371 g/mol. The van der Waals surface area contributed by atoms with Crippen molar-refractivity contribution in [2.75, 3.05) is 6.54 Å². The van der Waals surface area contributed by atoms with Gasteiger partial charge in [-0.1, -0.05) is 0 Å². The van der Waals surface area contributed by atoms with E-state index in [9.17, 15) is 14.3 Å². The fourth-order valence-corrected chi connectivity index (χ4v) is 2.99. The smallest absolute Gasteiger partial charge is 0.269 e. The molecule has 1 aromatic carbocycles. The first kappa shape index (κ1) is 18.8. The van der Waals surface area contributed by atoms with E-state index in [0.717, 1.165) is 16.9 Å². The van der Waals surface area contributed by atoms with Gasteiger partial charge in [0.05, 0.1) is 11.8 Å². The van der Waals surface area contributed by atoms with Crippen molar-refractivity contribution in [3.05, 3.63) is 65.0 Å². The predicted octanol–water partition coefficient (Wildman–Crippen LogP) is 3.29. The first-order valence-electron chi connectivity index (χ1n) is 8.68. The Balaban J connectivity index is 1.61. The van der Waals surface area contributed by atoms with E-state index in [2.05, 4.69) is 10.4 Å². The molecule has 0 aliphatic rings. The number of aryl methyl sites for hydroxylation is 3. The number of aliphatic hydroxyl groups excluding tert-OH is 1. The summed E-state index contributed by atoms with van der Waals surface area (Å²) in [5, 5.41) is 17.4. The molecule has 0 radical (unpaired) electrons. The lowest BCUT2D eigenvalue weighted by molar-refractivity contribution is 0.0933. The molecule has 2 N–H and O–H groups in total. The molecule has 142 valence electrons. The largest absolute Gasteiger partial charge is 0.466 e. The van der Waals surface area contributed by atoms with Crippen molar-refractivity contribution in [3.63, 3.8) is 0 Å². The number of rotatable bonds is 6. The quantitative estimate of drug-likeness (QED) is 0.697. The predicted molar refractivity (Wildman–Crippen MR) is 98.7 cm³/mol. The molecule has 3 rings (SSSR count). The number of nitrogens with zero attached hydrogens (tertiary/aromatic N) is 2. The molecule has 27 heavy (non-hydrogen) atoms. The Labute approximate surface area is 156 Å². The number of benzene rings is 1. The highest BCUT2D eigenvalue weighted by atomic mass is 19.1. The van der Waals surface area contributed by atoms with E-state index in [1.807, 2.05) is 6.92 Å². The van der Waals surface area contributed by atoms with Crippen molar-refractivity contribution in [2.45, 2.75) is 26.4 Å². The number of amides is 1. The van der Waals surface area contributed by atoms with E-state index in [-0.39, 0.29) is 11.7 Å². The van der Waals surface area contributed by atoms with Crippen molar-refractivity contribution in [3.8, 4) is 11.3 Å². The van der Waals surface area contributed by atoms with Crippen LogP contribution in [0.2, 0.25) is 0 Å². The van der Waals surface area contributed by atoms with Gasteiger partial charge in [-0.15, -0.1) is 0 Å². The van der Waals surface area contributed by atoms with Gasteiger partial charge in [-0.3, -0.25) is 9.48 Å². The summed E-state index contributed by atoms with van der Waals surface area (Å²) in [7, 11) is 1.67. The fraction of sp³-hybridized carbons (Fsp3) is 0.300. The zero-order valence-corrected chi connectivity index (χ0v) is 15.5. The van der Waals surface area contributed by atoms with Gasteiger partial charge in [-0.25, -0.2) is 4.39 Å². The Hall–Kier alpha value is -2.93. The lowest BCUT2D eigenvalue weighted by Gasteiger charge is -2.10. The van der Waals surface area contributed by atoms with Crippen molar-refractivity contribution in [1.29, 1.82) is 0 Å². The van der Waals surface area contributed by atoms with E-state index < -0.39 is 6.10 Å². The molecule has 0 spiro atoms. The second kappa shape index (κ2) is 7.75. The fourth-order valence-electron chi connectivity index (χ4n) is 2.99. The molecule has 6 nitrogen and oxygen atoms in total. The average molecular weight is 371 g/mol. The third kappa shape index (κ3) is 4.25. The molecule has 0 aliphatic carbocycles. The van der Waals surface area contributed by atoms with Gasteiger partial charge >= 0.3 is 0 Å². The number of carbonyl (C=O) groups excluding carboxylic acids is 1. The second-order valence-electron chi connectivity index (χ2n) is 6.47. The minimum atomic E-state index is -0.705. The number of aromatic nitrogens is 2. The SMILES string of the molecule is Cc1cc(C(O)CCNC(=O)c2cc(-c3ccc(F)cc3)nn2C)c(C)o1. The Kier molecular flexibility index (Phi) is 5.41. The van der Waals surface area contributed by atoms with Crippen LogP contribution in [0, 0.1) is 19.7 Å². The number of hydrogen-bond donors (Lipinski definition) is 2. The summed E-state index contributed by atoms with van der Waals surface area (Å²) in [5.41, 5.74) is 2.44. The summed E-state index contributed by atoms with van der Waals surface area (Å²) in [4.78, 5) is 12.4. The molecule has 1 unspecified atom stereocenters. The molecule has 1 atom stereocenters. The molecule has 2 heterocycles. The van der Waals surface area contributed by atoms with Crippen LogP contribution >= 0.6 is 0 Å². The van der Waals surface area contributed by atoms with Crippen molar-refractivity contribution in [2.24, 2.45) is 7.05 Å². The molecule has 3 aromatic rings. The molecular formula is C20H22FN3O3. The zero-order valence-electron chi connectivity index (χ0n) is 15.5. The van der Waals surface area contributed by atoms with Gasteiger partial charge in [-0.05, 0) is 56.7 Å². The van der Waals surface area contributed by atoms with Gasteiger partial charge in [0.1, 0.15) is 23.0 Å². The number of hydrogen-bond acceptors (Lipinski definition) is 4. The van der Waals surface area contributed by atoms with Gasteiger partial charge in [0, 0.05) is 24.7 Å². The van der Waals surface area contributed by atoms with Crippen LogP contribution < -0.4 is 5.32 Å². The second-order valence-corrected chi connectivity index (χ2v) is 6.47. The Morgan fingerprint density at radius 3 is 2.63 bits per heavy atom.